The SMILES string of the molecule is CCOc1ccccc1Nc1nc(C)cc(N2CCCC(C)C2)n1. The molecule has 1 fully saturated rings. The van der Waals surface area contributed by atoms with Crippen molar-refractivity contribution in [1.82, 2.24) is 9.97 Å². The lowest BCUT2D eigenvalue weighted by atomic mass is 10.0. The second kappa shape index (κ2) is 7.51. The number of benzene rings is 1. The van der Waals surface area contributed by atoms with Crippen molar-refractivity contribution in [3.8, 4) is 5.75 Å². The molecular formula is C19H26N4O. The second-order valence-corrected chi connectivity index (χ2v) is 6.44. The third-order valence-corrected chi connectivity index (χ3v) is 4.26. The van der Waals surface area contributed by atoms with Crippen molar-refractivity contribution in [2.75, 3.05) is 29.9 Å². The van der Waals surface area contributed by atoms with Gasteiger partial charge in [-0.15, -0.1) is 0 Å². The van der Waals surface area contributed by atoms with E-state index < -0.39 is 0 Å². The van der Waals surface area contributed by atoms with Crippen LogP contribution in [0.4, 0.5) is 17.5 Å². The lowest BCUT2D eigenvalue weighted by molar-refractivity contribution is 0.342. The number of hydrogen-bond acceptors (Lipinski definition) is 5. The molecule has 3 rings (SSSR count). The molecule has 1 unspecified atom stereocenters. The van der Waals surface area contributed by atoms with Crippen LogP contribution >= 0.6 is 0 Å². The fourth-order valence-corrected chi connectivity index (χ4v) is 3.14. The zero-order chi connectivity index (χ0) is 16.9. The molecule has 5 nitrogen and oxygen atoms in total. The Morgan fingerprint density at radius 2 is 2.12 bits per heavy atom. The quantitative estimate of drug-likeness (QED) is 0.894. The average Bonchev–Trinajstić information content (AvgIpc) is 2.56. The lowest BCUT2D eigenvalue weighted by Crippen LogP contribution is -2.35. The molecule has 2 aromatic rings. The summed E-state index contributed by atoms with van der Waals surface area (Å²) in [5.41, 5.74) is 1.86. The Labute approximate surface area is 144 Å². The number of nitrogens with one attached hydrogen (secondary N) is 1. The van der Waals surface area contributed by atoms with Gasteiger partial charge in [-0.1, -0.05) is 19.1 Å². The van der Waals surface area contributed by atoms with E-state index in [0.29, 0.717) is 18.5 Å². The molecule has 0 spiro atoms. The van der Waals surface area contributed by atoms with Gasteiger partial charge in [0.15, 0.2) is 0 Å². The van der Waals surface area contributed by atoms with Crippen LogP contribution in [0.1, 0.15) is 32.4 Å². The van der Waals surface area contributed by atoms with E-state index in [9.17, 15) is 0 Å². The molecule has 0 amide bonds. The molecule has 1 saturated heterocycles. The Balaban J connectivity index is 1.84. The zero-order valence-corrected chi connectivity index (χ0v) is 14.7. The summed E-state index contributed by atoms with van der Waals surface area (Å²) in [6.45, 7) is 9.05. The number of hydrogen-bond donors (Lipinski definition) is 1. The van der Waals surface area contributed by atoms with Crippen molar-refractivity contribution in [2.45, 2.75) is 33.6 Å². The number of aryl methyl sites for hydroxylation is 1. The molecule has 24 heavy (non-hydrogen) atoms. The van der Waals surface area contributed by atoms with Gasteiger partial charge in [0.2, 0.25) is 5.95 Å². The van der Waals surface area contributed by atoms with E-state index in [0.717, 1.165) is 36.0 Å². The van der Waals surface area contributed by atoms with E-state index in [-0.39, 0.29) is 0 Å². The Bertz CT molecular complexity index is 689. The standard InChI is InChI=1S/C19H26N4O/c1-4-24-17-10-6-5-9-16(17)21-19-20-15(3)12-18(22-19)23-11-7-8-14(2)13-23/h5-6,9-10,12,14H,4,7-8,11,13H2,1-3H3,(H,20,21,22). The summed E-state index contributed by atoms with van der Waals surface area (Å²) in [7, 11) is 0. The van der Waals surface area contributed by atoms with Crippen molar-refractivity contribution in [2.24, 2.45) is 5.92 Å². The van der Waals surface area contributed by atoms with Crippen LogP contribution in [0.25, 0.3) is 0 Å². The van der Waals surface area contributed by atoms with Crippen LogP contribution in [0.15, 0.2) is 30.3 Å². The van der Waals surface area contributed by atoms with E-state index in [4.69, 9.17) is 9.72 Å². The maximum absolute atomic E-state index is 5.67. The fraction of sp³-hybridized carbons (Fsp3) is 0.474. The van der Waals surface area contributed by atoms with E-state index in [1.807, 2.05) is 38.1 Å². The van der Waals surface area contributed by atoms with Gasteiger partial charge in [-0.25, -0.2) is 4.98 Å². The highest BCUT2D eigenvalue weighted by Gasteiger charge is 2.18. The van der Waals surface area contributed by atoms with Crippen LogP contribution in [0, 0.1) is 12.8 Å². The smallest absolute Gasteiger partial charge is 0.229 e. The van der Waals surface area contributed by atoms with Gasteiger partial charge in [-0.3, -0.25) is 0 Å². The molecule has 2 heterocycles. The predicted molar refractivity (Wildman–Crippen MR) is 98.3 cm³/mol. The van der Waals surface area contributed by atoms with Gasteiger partial charge in [0.25, 0.3) is 0 Å². The van der Waals surface area contributed by atoms with Crippen LogP contribution in [0.5, 0.6) is 5.75 Å². The highest BCUT2D eigenvalue weighted by molar-refractivity contribution is 5.63. The van der Waals surface area contributed by atoms with Crippen LogP contribution in [0.2, 0.25) is 0 Å². The highest BCUT2D eigenvalue weighted by Crippen LogP contribution is 2.28. The van der Waals surface area contributed by atoms with Crippen LogP contribution in [-0.2, 0) is 0 Å². The molecule has 1 N–H and O–H groups in total. The molecule has 0 radical (unpaired) electrons. The Hall–Kier alpha value is -2.30. The first-order valence-corrected chi connectivity index (χ1v) is 8.75. The Kier molecular flexibility index (Phi) is 5.18. The first-order chi connectivity index (χ1) is 11.7. The number of rotatable bonds is 5. The lowest BCUT2D eigenvalue weighted by Gasteiger charge is -2.32. The first-order valence-electron chi connectivity index (χ1n) is 8.75. The largest absolute Gasteiger partial charge is 0.492 e. The monoisotopic (exact) mass is 326 g/mol. The number of nitrogens with zero attached hydrogens (tertiary/aromatic N) is 3. The van der Waals surface area contributed by atoms with Gasteiger partial charge >= 0.3 is 0 Å². The molecule has 5 heteroatoms. The van der Waals surface area contributed by atoms with E-state index in [1.54, 1.807) is 0 Å². The molecule has 1 atom stereocenters. The van der Waals surface area contributed by atoms with Crippen LogP contribution in [-0.4, -0.2) is 29.7 Å². The number of piperidine rings is 1. The fourth-order valence-electron chi connectivity index (χ4n) is 3.14. The molecule has 1 aliphatic heterocycles. The summed E-state index contributed by atoms with van der Waals surface area (Å²) in [4.78, 5) is 11.6. The van der Waals surface area contributed by atoms with Gasteiger partial charge in [0, 0.05) is 24.8 Å². The molecule has 0 saturated carbocycles. The molecule has 1 aromatic heterocycles. The predicted octanol–water partition coefficient (Wildman–Crippen LogP) is 4.16. The highest BCUT2D eigenvalue weighted by atomic mass is 16.5. The summed E-state index contributed by atoms with van der Waals surface area (Å²) < 4.78 is 5.67. The number of para-hydroxylation sites is 2. The van der Waals surface area contributed by atoms with Crippen molar-refractivity contribution >= 4 is 17.5 Å². The molecule has 128 valence electrons. The topological polar surface area (TPSA) is 50.3 Å². The Morgan fingerprint density at radius 1 is 1.29 bits per heavy atom. The van der Waals surface area contributed by atoms with Crippen molar-refractivity contribution in [1.29, 1.82) is 0 Å². The Morgan fingerprint density at radius 3 is 2.92 bits per heavy atom. The van der Waals surface area contributed by atoms with Crippen LogP contribution in [0.3, 0.4) is 0 Å². The summed E-state index contributed by atoms with van der Waals surface area (Å²) in [6.07, 6.45) is 2.52. The van der Waals surface area contributed by atoms with Crippen LogP contribution < -0.4 is 15.0 Å². The minimum absolute atomic E-state index is 0.621. The van der Waals surface area contributed by atoms with E-state index in [1.165, 1.54) is 12.8 Å². The van der Waals surface area contributed by atoms with Crippen molar-refractivity contribution in [3.05, 3.63) is 36.0 Å². The van der Waals surface area contributed by atoms with Gasteiger partial charge in [0.1, 0.15) is 11.6 Å². The van der Waals surface area contributed by atoms with Gasteiger partial charge in [0.05, 0.1) is 12.3 Å². The third-order valence-electron chi connectivity index (χ3n) is 4.26. The molecular weight excluding hydrogens is 300 g/mol. The summed E-state index contributed by atoms with van der Waals surface area (Å²) in [6, 6.07) is 9.95. The average molecular weight is 326 g/mol. The van der Waals surface area contributed by atoms with Gasteiger partial charge in [-0.05, 0) is 44.7 Å². The summed E-state index contributed by atoms with van der Waals surface area (Å²) >= 11 is 0. The number of anilines is 3. The van der Waals surface area contributed by atoms with E-state index in [2.05, 4.69) is 28.2 Å². The normalized spacial score (nSPS) is 17.6. The first kappa shape index (κ1) is 16.6. The van der Waals surface area contributed by atoms with E-state index >= 15 is 0 Å². The zero-order valence-electron chi connectivity index (χ0n) is 14.7. The van der Waals surface area contributed by atoms with Crippen molar-refractivity contribution < 1.29 is 4.74 Å². The second-order valence-electron chi connectivity index (χ2n) is 6.44. The maximum atomic E-state index is 5.67. The van der Waals surface area contributed by atoms with Gasteiger partial charge < -0.3 is 15.0 Å². The molecule has 1 aromatic carbocycles. The summed E-state index contributed by atoms with van der Waals surface area (Å²) in [5, 5.41) is 3.31. The molecule has 0 bridgehead atoms. The number of ether oxygens (including phenoxy) is 1. The number of aromatic nitrogens is 2. The third kappa shape index (κ3) is 3.96. The maximum Gasteiger partial charge on any atom is 0.229 e. The molecule has 0 aliphatic carbocycles. The minimum Gasteiger partial charge on any atom is -0.492 e. The van der Waals surface area contributed by atoms with Crippen molar-refractivity contribution in [3.63, 3.8) is 0 Å². The van der Waals surface area contributed by atoms with Gasteiger partial charge in [-0.2, -0.15) is 4.98 Å². The summed E-state index contributed by atoms with van der Waals surface area (Å²) in [5.74, 6) is 3.16. The molecule has 1 aliphatic rings. The minimum atomic E-state index is 0.621.